The Hall–Kier alpha value is -0.520. The molecular weight excluding hydrogens is 228 g/mol. The van der Waals surface area contributed by atoms with Crippen LogP contribution in [0.1, 0.15) is 77.0 Å². The molecule has 3 atom stereocenters. The van der Waals surface area contributed by atoms with Crippen LogP contribution in [0.3, 0.4) is 0 Å². The molecule has 0 amide bonds. The Kier molecular flexibility index (Phi) is 4.15. The molecule has 0 nitrogen and oxygen atoms in total. The van der Waals surface area contributed by atoms with Crippen molar-refractivity contribution in [2.24, 2.45) is 17.3 Å². The molecule has 0 aromatic heterocycles. The summed E-state index contributed by atoms with van der Waals surface area (Å²) >= 11 is 0. The maximum atomic E-state index is 4.64. The fourth-order valence-corrected chi connectivity index (χ4v) is 5.13. The van der Waals surface area contributed by atoms with E-state index in [0.717, 1.165) is 11.8 Å². The van der Waals surface area contributed by atoms with Crippen LogP contribution in [0.25, 0.3) is 0 Å². The van der Waals surface area contributed by atoms with Crippen LogP contribution >= 0.6 is 0 Å². The molecule has 0 aliphatic heterocycles. The van der Waals surface area contributed by atoms with Gasteiger partial charge in [0.25, 0.3) is 0 Å². The Morgan fingerprint density at radius 3 is 2.47 bits per heavy atom. The van der Waals surface area contributed by atoms with Gasteiger partial charge in [0.1, 0.15) is 0 Å². The highest BCUT2D eigenvalue weighted by atomic mass is 14.5. The van der Waals surface area contributed by atoms with Crippen molar-refractivity contribution in [2.75, 3.05) is 0 Å². The lowest BCUT2D eigenvalue weighted by Crippen LogP contribution is -2.32. The van der Waals surface area contributed by atoms with Gasteiger partial charge in [0.05, 0.1) is 0 Å². The summed E-state index contributed by atoms with van der Waals surface area (Å²) in [6.07, 6.45) is 21.9. The van der Waals surface area contributed by atoms with Crippen molar-refractivity contribution >= 4 is 0 Å². The number of hydrogen-bond donors (Lipinski definition) is 0. The van der Waals surface area contributed by atoms with Crippen LogP contribution in [0.5, 0.6) is 0 Å². The first-order valence-corrected chi connectivity index (χ1v) is 8.66. The molecule has 0 heterocycles. The molecule has 19 heavy (non-hydrogen) atoms. The Bertz CT molecular complexity index is 351. The van der Waals surface area contributed by atoms with E-state index in [1.54, 1.807) is 5.57 Å². The van der Waals surface area contributed by atoms with E-state index < -0.39 is 0 Å². The quantitative estimate of drug-likeness (QED) is 0.465. The number of allylic oxidation sites excluding steroid dienone is 3. The van der Waals surface area contributed by atoms with E-state index in [-0.39, 0.29) is 0 Å². The summed E-state index contributed by atoms with van der Waals surface area (Å²) in [6.45, 7) is 4.64. The maximum Gasteiger partial charge on any atom is -0.00879 e. The van der Waals surface area contributed by atoms with Crippen molar-refractivity contribution in [3.63, 3.8) is 0 Å². The molecule has 3 aliphatic rings. The lowest BCUT2D eigenvalue weighted by molar-refractivity contribution is 0.189. The summed E-state index contributed by atoms with van der Waals surface area (Å²) in [5, 5.41) is 0. The van der Waals surface area contributed by atoms with Gasteiger partial charge >= 0.3 is 0 Å². The van der Waals surface area contributed by atoms with Crippen LogP contribution in [0, 0.1) is 17.3 Å². The third-order valence-electron chi connectivity index (χ3n) is 6.25. The van der Waals surface area contributed by atoms with Crippen LogP contribution in [0.2, 0.25) is 0 Å². The second-order valence-corrected chi connectivity index (χ2v) is 7.25. The smallest absolute Gasteiger partial charge is 0.00879 e. The summed E-state index contributed by atoms with van der Waals surface area (Å²) in [7, 11) is 0. The Morgan fingerprint density at radius 1 is 0.842 bits per heavy atom. The molecule has 3 unspecified atom stereocenters. The van der Waals surface area contributed by atoms with E-state index in [4.69, 9.17) is 0 Å². The largest absolute Gasteiger partial charge is 0.0990 e. The number of rotatable bonds is 0. The van der Waals surface area contributed by atoms with Gasteiger partial charge in [-0.1, -0.05) is 43.6 Å². The molecular formula is C19H30. The van der Waals surface area contributed by atoms with Gasteiger partial charge in [-0.3, -0.25) is 0 Å². The third-order valence-corrected chi connectivity index (χ3v) is 6.25. The molecule has 3 bridgehead atoms. The minimum atomic E-state index is 0.556. The van der Waals surface area contributed by atoms with Gasteiger partial charge < -0.3 is 0 Å². The highest BCUT2D eigenvalue weighted by Crippen LogP contribution is 2.55. The summed E-state index contributed by atoms with van der Waals surface area (Å²) < 4.78 is 0. The maximum absolute atomic E-state index is 4.64. The molecule has 3 aliphatic carbocycles. The monoisotopic (exact) mass is 258 g/mol. The van der Waals surface area contributed by atoms with Crippen molar-refractivity contribution in [3.05, 3.63) is 24.3 Å². The Morgan fingerprint density at radius 2 is 1.58 bits per heavy atom. The highest BCUT2D eigenvalue weighted by molar-refractivity contribution is 5.19. The predicted octanol–water partition coefficient (Wildman–Crippen LogP) is 6.04. The molecule has 2 fully saturated rings. The van der Waals surface area contributed by atoms with E-state index in [0.29, 0.717) is 5.41 Å². The van der Waals surface area contributed by atoms with Gasteiger partial charge in [-0.25, -0.2) is 0 Å². The average Bonchev–Trinajstić information content (AvgIpc) is 2.50. The van der Waals surface area contributed by atoms with Gasteiger partial charge in [-0.15, -0.1) is 0 Å². The molecule has 106 valence electrons. The minimum absolute atomic E-state index is 0.556. The first-order valence-electron chi connectivity index (χ1n) is 8.66. The fourth-order valence-electron chi connectivity index (χ4n) is 5.13. The van der Waals surface area contributed by atoms with Crippen molar-refractivity contribution < 1.29 is 0 Å². The number of hydrogen-bond acceptors (Lipinski definition) is 0. The zero-order chi connectivity index (χ0) is 13.1. The zero-order valence-corrected chi connectivity index (χ0v) is 12.5. The molecule has 2 saturated carbocycles. The van der Waals surface area contributed by atoms with Gasteiger partial charge in [0, 0.05) is 0 Å². The van der Waals surface area contributed by atoms with E-state index >= 15 is 0 Å². The highest BCUT2D eigenvalue weighted by Gasteiger charge is 2.43. The van der Waals surface area contributed by atoms with Crippen molar-refractivity contribution in [1.29, 1.82) is 0 Å². The minimum Gasteiger partial charge on any atom is -0.0990 e. The molecule has 0 saturated heterocycles. The third kappa shape index (κ3) is 2.69. The predicted molar refractivity (Wildman–Crippen MR) is 83.1 cm³/mol. The van der Waals surface area contributed by atoms with E-state index in [9.17, 15) is 0 Å². The van der Waals surface area contributed by atoms with E-state index in [1.165, 1.54) is 77.0 Å². The van der Waals surface area contributed by atoms with Crippen molar-refractivity contribution in [3.8, 4) is 0 Å². The van der Waals surface area contributed by atoms with Gasteiger partial charge in [-0.2, -0.15) is 0 Å². The van der Waals surface area contributed by atoms with Crippen molar-refractivity contribution in [1.82, 2.24) is 0 Å². The van der Waals surface area contributed by atoms with Gasteiger partial charge in [-0.05, 0) is 75.0 Å². The van der Waals surface area contributed by atoms with Crippen LogP contribution in [0.15, 0.2) is 24.3 Å². The molecule has 0 aromatic rings. The molecule has 0 N–H and O–H groups in total. The first-order chi connectivity index (χ1) is 9.32. The Balaban J connectivity index is 1.87. The summed E-state index contributed by atoms with van der Waals surface area (Å²) in [5.74, 6) is 1.81. The standard InChI is InChI=1S/C19H30/c1-16-18-12-9-15-19(16)13-7-5-3-2-4-6-10-17(18)11-8-14-19/h2,4,17-18H,1,3,5-15H2/b4-2-. The van der Waals surface area contributed by atoms with E-state index in [1.807, 2.05) is 0 Å². The second-order valence-electron chi connectivity index (χ2n) is 7.25. The topological polar surface area (TPSA) is 0 Å². The molecule has 0 aromatic carbocycles. The van der Waals surface area contributed by atoms with Crippen LogP contribution in [-0.4, -0.2) is 0 Å². The normalized spacial score (nSPS) is 42.0. The van der Waals surface area contributed by atoms with E-state index in [2.05, 4.69) is 18.7 Å². The van der Waals surface area contributed by atoms with Gasteiger partial charge in [0.2, 0.25) is 0 Å². The molecule has 0 spiro atoms. The molecule has 3 rings (SSSR count). The van der Waals surface area contributed by atoms with Crippen molar-refractivity contribution in [2.45, 2.75) is 77.0 Å². The second kappa shape index (κ2) is 5.85. The summed E-state index contributed by atoms with van der Waals surface area (Å²) in [4.78, 5) is 0. The summed E-state index contributed by atoms with van der Waals surface area (Å²) in [5.41, 5.74) is 2.24. The lowest BCUT2D eigenvalue weighted by Gasteiger charge is -2.44. The van der Waals surface area contributed by atoms with Gasteiger partial charge in [0.15, 0.2) is 0 Å². The lowest BCUT2D eigenvalue weighted by atomic mass is 9.61. The van der Waals surface area contributed by atoms with Crippen LogP contribution in [-0.2, 0) is 0 Å². The Labute approximate surface area is 119 Å². The first kappa shape index (κ1) is 13.5. The zero-order valence-electron chi connectivity index (χ0n) is 12.5. The van der Waals surface area contributed by atoms with Crippen LogP contribution < -0.4 is 0 Å². The fraction of sp³-hybridized carbons (Fsp3) is 0.789. The van der Waals surface area contributed by atoms with Crippen LogP contribution in [0.4, 0.5) is 0 Å². The average molecular weight is 258 g/mol. The molecule has 0 radical (unpaired) electrons. The molecule has 0 heteroatoms. The SMILES string of the molecule is C=C1C2CCCC13CCCC/C=C\CCC2CCC3. The summed E-state index contributed by atoms with van der Waals surface area (Å²) in [6, 6.07) is 0.